The summed E-state index contributed by atoms with van der Waals surface area (Å²) in [6, 6.07) is 9.27. The fourth-order valence-electron chi connectivity index (χ4n) is 2.98. The number of hydrogen-bond acceptors (Lipinski definition) is 6. The van der Waals surface area contributed by atoms with Crippen LogP contribution in [-0.4, -0.2) is 28.0 Å². The van der Waals surface area contributed by atoms with Crippen LogP contribution < -0.4 is 9.47 Å². The largest absolute Gasteiger partial charge is 0.454 e. The summed E-state index contributed by atoms with van der Waals surface area (Å²) in [7, 11) is 0. The fraction of sp³-hybridized carbons (Fsp3) is 0.250. The summed E-state index contributed by atoms with van der Waals surface area (Å²) in [4.78, 5) is 17.0. The molecule has 1 aliphatic rings. The summed E-state index contributed by atoms with van der Waals surface area (Å²) in [5, 5.41) is 10.1. The first-order valence-corrected chi connectivity index (χ1v) is 9.31. The van der Waals surface area contributed by atoms with Crippen molar-refractivity contribution in [2.45, 2.75) is 26.4 Å². The van der Waals surface area contributed by atoms with Gasteiger partial charge in [0.15, 0.2) is 17.1 Å². The summed E-state index contributed by atoms with van der Waals surface area (Å²) in [5.74, 6) is 1.30. The Morgan fingerprint density at radius 1 is 1.29 bits per heavy atom. The number of benzene rings is 1. The molecular weight excluding hydrogens is 426 g/mol. The second-order valence-corrected chi connectivity index (χ2v) is 8.12. The van der Waals surface area contributed by atoms with Crippen LogP contribution in [0.2, 0.25) is 0 Å². The number of aromatic nitrogens is 2. The second-order valence-electron chi connectivity index (χ2n) is 7.26. The van der Waals surface area contributed by atoms with Crippen LogP contribution in [0.5, 0.6) is 11.5 Å². The number of carbonyl (C=O) groups is 1. The Hall–Kier alpha value is -3.05. The second kappa shape index (κ2) is 6.53. The van der Waals surface area contributed by atoms with Gasteiger partial charge < -0.3 is 14.2 Å². The molecule has 0 bridgehead atoms. The molecular formula is C20H16BrN3O4. The third kappa shape index (κ3) is 3.18. The number of halogens is 1. The van der Waals surface area contributed by atoms with Crippen molar-refractivity contribution in [2.75, 3.05) is 6.79 Å². The molecule has 0 atom stereocenters. The maximum Gasteiger partial charge on any atom is 0.420 e. The summed E-state index contributed by atoms with van der Waals surface area (Å²) in [6.45, 7) is 5.54. The van der Waals surface area contributed by atoms with Gasteiger partial charge in [-0.05, 0) is 66.0 Å². The molecule has 2 aromatic heterocycles. The zero-order chi connectivity index (χ0) is 20.1. The summed E-state index contributed by atoms with van der Waals surface area (Å²) in [5.41, 5.74) is 1.43. The van der Waals surface area contributed by atoms with Gasteiger partial charge in [0, 0.05) is 16.1 Å². The molecule has 0 aliphatic carbocycles. The van der Waals surface area contributed by atoms with Crippen LogP contribution in [0.4, 0.5) is 4.79 Å². The third-order valence-electron chi connectivity index (χ3n) is 4.10. The van der Waals surface area contributed by atoms with Gasteiger partial charge in [-0.3, -0.25) is 0 Å². The number of nitriles is 1. The Labute approximate surface area is 169 Å². The lowest BCUT2D eigenvalue weighted by Gasteiger charge is -2.19. The Bertz CT molecular complexity index is 1150. The highest BCUT2D eigenvalue weighted by Gasteiger charge is 2.24. The van der Waals surface area contributed by atoms with Gasteiger partial charge in [0.1, 0.15) is 17.4 Å². The topological polar surface area (TPSA) is 86.4 Å². The highest BCUT2D eigenvalue weighted by molar-refractivity contribution is 9.10. The molecule has 1 aliphatic heterocycles. The van der Waals surface area contributed by atoms with Gasteiger partial charge in [-0.2, -0.15) is 5.26 Å². The Balaban J connectivity index is 1.93. The zero-order valence-electron chi connectivity index (χ0n) is 15.4. The van der Waals surface area contributed by atoms with Crippen molar-refractivity contribution >= 4 is 33.1 Å². The van der Waals surface area contributed by atoms with E-state index >= 15 is 0 Å². The van der Waals surface area contributed by atoms with Crippen molar-refractivity contribution in [3.05, 3.63) is 40.6 Å². The first-order chi connectivity index (χ1) is 13.3. The molecule has 0 saturated carbocycles. The third-order valence-corrected chi connectivity index (χ3v) is 4.70. The number of nitrogens with zero attached hydrogens (tertiary/aromatic N) is 3. The standard InChI is InChI=1S/C20H16BrN3O4/c1-20(2,3)28-19(25)24-9-14(21)17-13(7-12(8-22)23-18(17)24)11-4-5-15-16(6-11)27-10-26-15/h4-7,9H,10H2,1-3H3. The van der Waals surface area contributed by atoms with E-state index in [1.54, 1.807) is 33.0 Å². The molecule has 3 aromatic rings. The van der Waals surface area contributed by atoms with E-state index in [1.165, 1.54) is 4.57 Å². The molecule has 0 saturated heterocycles. The molecule has 0 spiro atoms. The molecule has 3 heterocycles. The van der Waals surface area contributed by atoms with Crippen LogP contribution in [-0.2, 0) is 4.74 Å². The summed E-state index contributed by atoms with van der Waals surface area (Å²) < 4.78 is 18.3. The van der Waals surface area contributed by atoms with Crippen molar-refractivity contribution < 1.29 is 19.0 Å². The normalized spacial score (nSPS) is 12.8. The molecule has 28 heavy (non-hydrogen) atoms. The number of pyridine rings is 1. The van der Waals surface area contributed by atoms with Gasteiger partial charge in [-0.25, -0.2) is 14.3 Å². The van der Waals surface area contributed by atoms with Crippen LogP contribution in [0.15, 0.2) is 34.9 Å². The minimum Gasteiger partial charge on any atom is -0.454 e. The van der Waals surface area contributed by atoms with E-state index in [0.29, 0.717) is 27.0 Å². The van der Waals surface area contributed by atoms with E-state index in [0.717, 1.165) is 11.1 Å². The SMILES string of the molecule is CC(C)(C)OC(=O)n1cc(Br)c2c(-c3ccc4c(c3)OCO4)cc(C#N)nc21. The molecule has 4 rings (SSSR count). The fourth-order valence-corrected chi connectivity index (χ4v) is 3.58. The molecule has 0 radical (unpaired) electrons. The van der Waals surface area contributed by atoms with Gasteiger partial charge in [-0.1, -0.05) is 6.07 Å². The Morgan fingerprint density at radius 2 is 2.04 bits per heavy atom. The van der Waals surface area contributed by atoms with E-state index in [1.807, 2.05) is 18.2 Å². The summed E-state index contributed by atoms with van der Waals surface area (Å²) in [6.07, 6.45) is 1.03. The van der Waals surface area contributed by atoms with E-state index in [-0.39, 0.29) is 12.5 Å². The minimum absolute atomic E-state index is 0.173. The molecule has 142 valence electrons. The zero-order valence-corrected chi connectivity index (χ0v) is 17.0. The van der Waals surface area contributed by atoms with Gasteiger partial charge in [0.2, 0.25) is 6.79 Å². The lowest BCUT2D eigenvalue weighted by molar-refractivity contribution is 0.0543. The van der Waals surface area contributed by atoms with Gasteiger partial charge >= 0.3 is 6.09 Å². The molecule has 0 amide bonds. The van der Waals surface area contributed by atoms with Crippen LogP contribution in [0.25, 0.3) is 22.2 Å². The number of hydrogen-bond donors (Lipinski definition) is 0. The van der Waals surface area contributed by atoms with E-state index in [9.17, 15) is 10.1 Å². The number of fused-ring (bicyclic) bond motifs is 2. The maximum atomic E-state index is 12.6. The molecule has 1 aromatic carbocycles. The van der Waals surface area contributed by atoms with Crippen LogP contribution in [0.1, 0.15) is 26.5 Å². The number of ether oxygens (including phenoxy) is 3. The number of carbonyl (C=O) groups excluding carboxylic acids is 1. The van der Waals surface area contributed by atoms with Gasteiger partial charge in [-0.15, -0.1) is 0 Å². The van der Waals surface area contributed by atoms with Crippen LogP contribution in [0, 0.1) is 11.3 Å². The quantitative estimate of drug-likeness (QED) is 0.536. The van der Waals surface area contributed by atoms with E-state index in [2.05, 4.69) is 27.0 Å². The van der Waals surface area contributed by atoms with Gasteiger partial charge in [0.05, 0.1) is 0 Å². The highest BCUT2D eigenvalue weighted by atomic mass is 79.9. The molecule has 0 N–H and O–H groups in total. The average molecular weight is 442 g/mol. The van der Waals surface area contributed by atoms with Crippen molar-refractivity contribution in [3.8, 4) is 28.7 Å². The average Bonchev–Trinajstić information content (AvgIpc) is 3.23. The molecule has 0 fully saturated rings. The highest BCUT2D eigenvalue weighted by Crippen LogP contribution is 2.40. The van der Waals surface area contributed by atoms with Gasteiger partial charge in [0.25, 0.3) is 0 Å². The van der Waals surface area contributed by atoms with Crippen molar-refractivity contribution in [1.29, 1.82) is 5.26 Å². The predicted octanol–water partition coefficient (Wildman–Crippen LogP) is 4.85. The summed E-state index contributed by atoms with van der Waals surface area (Å²) >= 11 is 3.52. The minimum atomic E-state index is -0.660. The Kier molecular flexibility index (Phi) is 4.27. The van der Waals surface area contributed by atoms with Crippen molar-refractivity contribution in [3.63, 3.8) is 0 Å². The Morgan fingerprint density at radius 3 is 2.75 bits per heavy atom. The monoisotopic (exact) mass is 441 g/mol. The molecule has 0 unspecified atom stereocenters. The predicted molar refractivity (Wildman–Crippen MR) is 105 cm³/mol. The van der Waals surface area contributed by atoms with Crippen molar-refractivity contribution in [2.24, 2.45) is 0 Å². The first-order valence-electron chi connectivity index (χ1n) is 8.52. The maximum absolute atomic E-state index is 12.6. The smallest absolute Gasteiger partial charge is 0.420 e. The molecule has 8 heteroatoms. The van der Waals surface area contributed by atoms with E-state index in [4.69, 9.17) is 14.2 Å². The lowest BCUT2D eigenvalue weighted by atomic mass is 10.0. The first kappa shape index (κ1) is 18.3. The van der Waals surface area contributed by atoms with Crippen molar-refractivity contribution in [1.82, 2.24) is 9.55 Å². The van der Waals surface area contributed by atoms with Crippen LogP contribution >= 0.6 is 15.9 Å². The number of rotatable bonds is 1. The van der Waals surface area contributed by atoms with E-state index < -0.39 is 11.7 Å². The lowest BCUT2D eigenvalue weighted by Crippen LogP contribution is -2.26. The molecule has 7 nitrogen and oxygen atoms in total. The van der Waals surface area contributed by atoms with Crippen LogP contribution in [0.3, 0.4) is 0 Å².